The van der Waals surface area contributed by atoms with E-state index in [2.05, 4.69) is 29.4 Å². The number of carbonyl (C=O) groups is 1. The number of nitrogens with one attached hydrogen (secondary N) is 1. The molecule has 1 amide bonds. The molecule has 10 heteroatoms. The lowest BCUT2D eigenvalue weighted by atomic mass is 10.2. The van der Waals surface area contributed by atoms with Gasteiger partial charge in [-0.1, -0.05) is 60.9 Å². The van der Waals surface area contributed by atoms with E-state index >= 15 is 0 Å². The van der Waals surface area contributed by atoms with Crippen molar-refractivity contribution >= 4 is 46.6 Å². The van der Waals surface area contributed by atoms with Crippen molar-refractivity contribution in [3.8, 4) is 5.75 Å². The number of anilines is 1. The minimum Gasteiger partial charge on any atom is -0.481 e. The summed E-state index contributed by atoms with van der Waals surface area (Å²) in [6, 6.07) is 11.0. The van der Waals surface area contributed by atoms with Gasteiger partial charge in [0.15, 0.2) is 17.1 Å². The summed E-state index contributed by atoms with van der Waals surface area (Å²) in [6.45, 7) is 6.70. The second-order valence-corrected chi connectivity index (χ2v) is 9.25. The lowest BCUT2D eigenvalue weighted by Crippen LogP contribution is -2.17. The van der Waals surface area contributed by atoms with Gasteiger partial charge in [0.05, 0.1) is 21.5 Å². The van der Waals surface area contributed by atoms with Crippen LogP contribution in [0.5, 0.6) is 5.75 Å². The second-order valence-electron chi connectivity index (χ2n) is 7.50. The van der Waals surface area contributed by atoms with E-state index in [9.17, 15) is 9.18 Å². The fourth-order valence-corrected chi connectivity index (χ4v) is 4.08. The SMILES string of the molecule is CC(C)Cn1c(SCC(=O)Nc2ccc(F)cc2Cl)nnc1C(C)Oc1ccccc1Cl. The summed E-state index contributed by atoms with van der Waals surface area (Å²) in [5.41, 5.74) is 0.352. The number of amides is 1. The first-order chi connectivity index (χ1) is 15.2. The Morgan fingerprint density at radius 2 is 1.91 bits per heavy atom. The van der Waals surface area contributed by atoms with Crippen LogP contribution in [0.15, 0.2) is 47.6 Å². The van der Waals surface area contributed by atoms with Crippen LogP contribution < -0.4 is 10.1 Å². The fraction of sp³-hybridized carbons (Fsp3) is 0.318. The number of benzene rings is 2. The van der Waals surface area contributed by atoms with Gasteiger partial charge in [0, 0.05) is 6.54 Å². The average Bonchev–Trinajstić information content (AvgIpc) is 3.12. The summed E-state index contributed by atoms with van der Waals surface area (Å²) in [5, 5.41) is 12.5. The molecule has 32 heavy (non-hydrogen) atoms. The maximum Gasteiger partial charge on any atom is 0.234 e. The average molecular weight is 497 g/mol. The molecular formula is C22H23Cl2FN4O2S. The Kier molecular flexibility index (Phi) is 8.39. The first kappa shape index (κ1) is 24.4. The molecule has 0 spiro atoms. The van der Waals surface area contributed by atoms with Gasteiger partial charge in [-0.05, 0) is 43.2 Å². The van der Waals surface area contributed by atoms with Crippen molar-refractivity contribution in [2.45, 2.75) is 38.6 Å². The molecule has 3 aromatic rings. The highest BCUT2D eigenvalue weighted by molar-refractivity contribution is 7.99. The van der Waals surface area contributed by atoms with Gasteiger partial charge in [-0.25, -0.2) is 4.39 Å². The number of hydrogen-bond donors (Lipinski definition) is 1. The predicted molar refractivity (Wildman–Crippen MR) is 126 cm³/mol. The molecule has 0 radical (unpaired) electrons. The standard InChI is InChI=1S/C22H23Cl2FN4O2S/c1-13(2)11-29-21(14(3)31-19-7-5-4-6-16(19)23)27-28-22(29)32-12-20(30)26-18-9-8-15(25)10-17(18)24/h4-10,13-14H,11-12H2,1-3H3,(H,26,30). The number of rotatable bonds is 9. The zero-order chi connectivity index (χ0) is 23.3. The Hall–Kier alpha value is -2.29. The van der Waals surface area contributed by atoms with Crippen LogP contribution in [0.4, 0.5) is 10.1 Å². The molecular weight excluding hydrogens is 474 g/mol. The highest BCUT2D eigenvalue weighted by Crippen LogP contribution is 2.30. The molecule has 0 bridgehead atoms. The molecule has 0 aliphatic heterocycles. The van der Waals surface area contributed by atoms with Crippen molar-refractivity contribution in [3.63, 3.8) is 0 Å². The molecule has 2 aromatic carbocycles. The van der Waals surface area contributed by atoms with Gasteiger partial charge in [-0.3, -0.25) is 4.79 Å². The van der Waals surface area contributed by atoms with E-state index in [0.717, 1.165) is 6.07 Å². The number of ether oxygens (including phenoxy) is 1. The Balaban J connectivity index is 1.71. The van der Waals surface area contributed by atoms with E-state index in [1.807, 2.05) is 23.6 Å². The molecule has 1 unspecified atom stereocenters. The Morgan fingerprint density at radius 1 is 1.16 bits per heavy atom. The lowest BCUT2D eigenvalue weighted by molar-refractivity contribution is -0.113. The third kappa shape index (κ3) is 6.37. The summed E-state index contributed by atoms with van der Waals surface area (Å²) < 4.78 is 21.2. The van der Waals surface area contributed by atoms with E-state index in [-0.39, 0.29) is 16.7 Å². The molecule has 1 atom stereocenters. The van der Waals surface area contributed by atoms with Gasteiger partial charge in [0.2, 0.25) is 5.91 Å². The normalized spacial score (nSPS) is 12.1. The van der Waals surface area contributed by atoms with E-state index in [1.165, 1.54) is 23.9 Å². The largest absolute Gasteiger partial charge is 0.481 e. The first-order valence-corrected chi connectivity index (χ1v) is 11.7. The van der Waals surface area contributed by atoms with Crippen molar-refractivity contribution in [1.29, 1.82) is 0 Å². The summed E-state index contributed by atoms with van der Waals surface area (Å²) >= 11 is 13.4. The quantitative estimate of drug-likeness (QED) is 0.354. The van der Waals surface area contributed by atoms with Crippen molar-refractivity contribution in [2.24, 2.45) is 5.92 Å². The zero-order valence-electron chi connectivity index (χ0n) is 17.8. The van der Waals surface area contributed by atoms with Crippen LogP contribution in [0, 0.1) is 11.7 Å². The van der Waals surface area contributed by atoms with Crippen LogP contribution in [0.2, 0.25) is 10.0 Å². The number of aromatic nitrogens is 3. The molecule has 1 aromatic heterocycles. The summed E-state index contributed by atoms with van der Waals surface area (Å²) in [6.07, 6.45) is -0.401. The minimum atomic E-state index is -0.468. The van der Waals surface area contributed by atoms with Crippen molar-refractivity contribution in [2.75, 3.05) is 11.1 Å². The number of hydrogen-bond acceptors (Lipinski definition) is 5. The molecule has 0 aliphatic rings. The van der Waals surface area contributed by atoms with Gasteiger partial charge in [-0.2, -0.15) is 0 Å². The molecule has 0 saturated heterocycles. The Morgan fingerprint density at radius 3 is 2.59 bits per heavy atom. The molecule has 1 N–H and O–H groups in total. The third-order valence-corrected chi connectivity index (χ3v) is 5.93. The summed E-state index contributed by atoms with van der Waals surface area (Å²) in [7, 11) is 0. The second kappa shape index (κ2) is 11.0. The molecule has 3 rings (SSSR count). The fourth-order valence-electron chi connectivity index (χ4n) is 2.93. The van der Waals surface area contributed by atoms with Gasteiger partial charge in [-0.15, -0.1) is 10.2 Å². The van der Waals surface area contributed by atoms with Gasteiger partial charge in [0.1, 0.15) is 11.6 Å². The molecule has 0 saturated carbocycles. The molecule has 6 nitrogen and oxygen atoms in total. The lowest BCUT2D eigenvalue weighted by Gasteiger charge is -2.18. The van der Waals surface area contributed by atoms with E-state index in [4.69, 9.17) is 27.9 Å². The van der Waals surface area contributed by atoms with Crippen molar-refractivity contribution < 1.29 is 13.9 Å². The van der Waals surface area contributed by atoms with E-state index < -0.39 is 11.9 Å². The van der Waals surface area contributed by atoms with Crippen molar-refractivity contribution in [3.05, 3.63) is 64.2 Å². The maximum atomic E-state index is 13.2. The number of para-hydroxylation sites is 1. The van der Waals surface area contributed by atoms with Crippen LogP contribution in [-0.2, 0) is 11.3 Å². The Labute approximate surface area is 200 Å². The zero-order valence-corrected chi connectivity index (χ0v) is 20.1. The monoisotopic (exact) mass is 496 g/mol. The van der Waals surface area contributed by atoms with Crippen molar-refractivity contribution in [1.82, 2.24) is 14.8 Å². The summed E-state index contributed by atoms with van der Waals surface area (Å²) in [5.74, 6) is 0.857. The third-order valence-electron chi connectivity index (χ3n) is 4.33. The molecule has 0 aliphatic carbocycles. The number of thioether (sulfide) groups is 1. The number of carbonyl (C=O) groups excluding carboxylic acids is 1. The van der Waals surface area contributed by atoms with Crippen LogP contribution in [0.1, 0.15) is 32.7 Å². The highest BCUT2D eigenvalue weighted by atomic mass is 35.5. The van der Waals surface area contributed by atoms with Crippen LogP contribution in [0.3, 0.4) is 0 Å². The van der Waals surface area contributed by atoms with Gasteiger partial charge < -0.3 is 14.6 Å². The van der Waals surface area contributed by atoms with Crippen LogP contribution >= 0.6 is 35.0 Å². The van der Waals surface area contributed by atoms with Crippen LogP contribution in [0.25, 0.3) is 0 Å². The van der Waals surface area contributed by atoms with Gasteiger partial charge in [0.25, 0.3) is 0 Å². The van der Waals surface area contributed by atoms with E-state index in [1.54, 1.807) is 12.1 Å². The predicted octanol–water partition coefficient (Wildman–Crippen LogP) is 6.25. The topological polar surface area (TPSA) is 69.0 Å². The summed E-state index contributed by atoms with van der Waals surface area (Å²) in [4.78, 5) is 12.4. The van der Waals surface area contributed by atoms with E-state index in [0.29, 0.717) is 39.9 Å². The Bertz CT molecular complexity index is 1090. The molecule has 0 fully saturated rings. The number of nitrogens with zero attached hydrogens (tertiary/aromatic N) is 3. The molecule has 1 heterocycles. The highest BCUT2D eigenvalue weighted by Gasteiger charge is 2.21. The maximum absolute atomic E-state index is 13.2. The molecule has 170 valence electrons. The van der Waals surface area contributed by atoms with Crippen LogP contribution in [-0.4, -0.2) is 26.4 Å². The smallest absolute Gasteiger partial charge is 0.234 e. The first-order valence-electron chi connectivity index (χ1n) is 9.96. The van der Waals surface area contributed by atoms with Gasteiger partial charge >= 0.3 is 0 Å². The minimum absolute atomic E-state index is 0.0870. The number of halogens is 3.